The Morgan fingerprint density at radius 1 is 1.25 bits per heavy atom. The summed E-state index contributed by atoms with van der Waals surface area (Å²) in [5, 5.41) is 0. The van der Waals surface area contributed by atoms with Gasteiger partial charge < -0.3 is 5.73 Å². The SMILES string of the molecule is CC(C)(CN)c1cccc(C2CCCC2)c1. The zero-order chi connectivity index (χ0) is 11.6. The molecule has 0 atom stereocenters. The molecule has 1 saturated carbocycles. The van der Waals surface area contributed by atoms with Crippen molar-refractivity contribution in [1.29, 1.82) is 0 Å². The molecule has 2 rings (SSSR count). The van der Waals surface area contributed by atoms with Crippen LogP contribution in [0.2, 0.25) is 0 Å². The maximum absolute atomic E-state index is 5.84. The molecule has 1 heteroatoms. The lowest BCUT2D eigenvalue weighted by atomic mass is 9.82. The molecule has 1 aliphatic carbocycles. The van der Waals surface area contributed by atoms with Gasteiger partial charge in [-0.05, 0) is 29.9 Å². The summed E-state index contributed by atoms with van der Waals surface area (Å²) >= 11 is 0. The lowest BCUT2D eigenvalue weighted by Gasteiger charge is -2.24. The topological polar surface area (TPSA) is 26.0 Å². The number of nitrogens with two attached hydrogens (primary N) is 1. The minimum Gasteiger partial charge on any atom is -0.330 e. The molecule has 0 bridgehead atoms. The maximum atomic E-state index is 5.84. The highest BCUT2D eigenvalue weighted by molar-refractivity contribution is 5.31. The van der Waals surface area contributed by atoms with Gasteiger partial charge in [-0.1, -0.05) is 51.0 Å². The molecule has 88 valence electrons. The molecule has 0 amide bonds. The highest BCUT2D eigenvalue weighted by Gasteiger charge is 2.21. The van der Waals surface area contributed by atoms with E-state index in [1.165, 1.54) is 36.8 Å². The minimum absolute atomic E-state index is 0.106. The fourth-order valence-electron chi connectivity index (χ4n) is 2.59. The van der Waals surface area contributed by atoms with Crippen LogP contribution < -0.4 is 5.73 Å². The Hall–Kier alpha value is -0.820. The quantitative estimate of drug-likeness (QED) is 0.823. The van der Waals surface area contributed by atoms with E-state index in [-0.39, 0.29) is 5.41 Å². The van der Waals surface area contributed by atoms with E-state index in [1.54, 1.807) is 0 Å². The Kier molecular flexibility index (Phi) is 3.34. The summed E-state index contributed by atoms with van der Waals surface area (Å²) < 4.78 is 0. The van der Waals surface area contributed by atoms with E-state index in [9.17, 15) is 0 Å². The van der Waals surface area contributed by atoms with E-state index in [4.69, 9.17) is 5.73 Å². The number of hydrogen-bond acceptors (Lipinski definition) is 1. The first-order valence-corrected chi connectivity index (χ1v) is 6.44. The molecule has 0 spiro atoms. The summed E-state index contributed by atoms with van der Waals surface area (Å²) in [5.41, 5.74) is 8.86. The van der Waals surface area contributed by atoms with Crippen molar-refractivity contribution in [3.05, 3.63) is 35.4 Å². The highest BCUT2D eigenvalue weighted by atomic mass is 14.6. The number of hydrogen-bond donors (Lipinski definition) is 1. The van der Waals surface area contributed by atoms with Gasteiger partial charge in [-0.15, -0.1) is 0 Å². The fraction of sp³-hybridized carbons (Fsp3) is 0.600. The maximum Gasteiger partial charge on any atom is 0.00191 e. The van der Waals surface area contributed by atoms with Crippen LogP contribution in [0, 0.1) is 0 Å². The molecular weight excluding hydrogens is 194 g/mol. The third-order valence-corrected chi connectivity index (χ3v) is 4.00. The molecule has 0 heterocycles. The van der Waals surface area contributed by atoms with Crippen LogP contribution in [0.3, 0.4) is 0 Å². The van der Waals surface area contributed by atoms with Crippen LogP contribution in [0.25, 0.3) is 0 Å². The molecule has 1 fully saturated rings. The van der Waals surface area contributed by atoms with Gasteiger partial charge in [0.15, 0.2) is 0 Å². The number of benzene rings is 1. The van der Waals surface area contributed by atoms with Crippen molar-refractivity contribution in [1.82, 2.24) is 0 Å². The Balaban J connectivity index is 2.25. The van der Waals surface area contributed by atoms with Crippen molar-refractivity contribution in [2.75, 3.05) is 6.54 Å². The Morgan fingerprint density at radius 2 is 1.94 bits per heavy atom. The van der Waals surface area contributed by atoms with Gasteiger partial charge in [0.2, 0.25) is 0 Å². The summed E-state index contributed by atoms with van der Waals surface area (Å²) in [7, 11) is 0. The van der Waals surface area contributed by atoms with Crippen LogP contribution in [-0.2, 0) is 5.41 Å². The average Bonchev–Trinajstić information content (AvgIpc) is 2.83. The van der Waals surface area contributed by atoms with Crippen molar-refractivity contribution >= 4 is 0 Å². The molecule has 1 aromatic rings. The molecule has 1 aromatic carbocycles. The third-order valence-electron chi connectivity index (χ3n) is 4.00. The molecule has 0 saturated heterocycles. The smallest absolute Gasteiger partial charge is 0.00191 e. The van der Waals surface area contributed by atoms with E-state index >= 15 is 0 Å². The molecule has 2 N–H and O–H groups in total. The molecule has 1 nitrogen and oxygen atoms in total. The van der Waals surface area contributed by atoms with Crippen molar-refractivity contribution in [2.24, 2.45) is 5.73 Å². The van der Waals surface area contributed by atoms with Crippen molar-refractivity contribution < 1.29 is 0 Å². The van der Waals surface area contributed by atoms with Gasteiger partial charge >= 0.3 is 0 Å². The van der Waals surface area contributed by atoms with Gasteiger partial charge in [-0.25, -0.2) is 0 Å². The molecule has 16 heavy (non-hydrogen) atoms. The highest BCUT2D eigenvalue weighted by Crippen LogP contribution is 2.35. The van der Waals surface area contributed by atoms with E-state index < -0.39 is 0 Å². The van der Waals surface area contributed by atoms with Crippen molar-refractivity contribution in [3.63, 3.8) is 0 Å². The number of rotatable bonds is 3. The normalized spacial score (nSPS) is 17.9. The van der Waals surface area contributed by atoms with Gasteiger partial charge in [0.25, 0.3) is 0 Å². The predicted molar refractivity (Wildman–Crippen MR) is 69.7 cm³/mol. The first-order valence-electron chi connectivity index (χ1n) is 6.44. The van der Waals surface area contributed by atoms with Crippen LogP contribution in [0.1, 0.15) is 56.6 Å². The van der Waals surface area contributed by atoms with E-state index in [1.807, 2.05) is 0 Å². The Labute approximate surface area is 99.0 Å². The van der Waals surface area contributed by atoms with Crippen molar-refractivity contribution in [2.45, 2.75) is 50.9 Å². The summed E-state index contributed by atoms with van der Waals surface area (Å²) in [6.07, 6.45) is 5.53. The fourth-order valence-corrected chi connectivity index (χ4v) is 2.59. The molecule has 0 radical (unpaired) electrons. The molecule has 0 unspecified atom stereocenters. The van der Waals surface area contributed by atoms with Crippen LogP contribution in [0.5, 0.6) is 0 Å². The van der Waals surface area contributed by atoms with Gasteiger partial charge in [0, 0.05) is 12.0 Å². The minimum atomic E-state index is 0.106. The second-order valence-corrected chi connectivity index (χ2v) is 5.69. The Morgan fingerprint density at radius 3 is 2.56 bits per heavy atom. The molecular formula is C15H23N. The standard InChI is InChI=1S/C15H23N/c1-15(2,11-16)14-9-5-8-13(10-14)12-6-3-4-7-12/h5,8-10,12H,3-4,6-7,11,16H2,1-2H3. The van der Waals surface area contributed by atoms with Crippen LogP contribution in [0.15, 0.2) is 24.3 Å². The monoisotopic (exact) mass is 217 g/mol. The van der Waals surface area contributed by atoms with E-state index in [0.717, 1.165) is 5.92 Å². The largest absolute Gasteiger partial charge is 0.330 e. The summed E-state index contributed by atoms with van der Waals surface area (Å²) in [6, 6.07) is 9.07. The van der Waals surface area contributed by atoms with E-state index in [2.05, 4.69) is 38.1 Å². The second-order valence-electron chi connectivity index (χ2n) is 5.69. The third kappa shape index (κ3) is 2.30. The predicted octanol–water partition coefficient (Wildman–Crippen LogP) is 3.58. The first kappa shape index (κ1) is 11.7. The zero-order valence-electron chi connectivity index (χ0n) is 10.5. The lowest BCUT2D eigenvalue weighted by molar-refractivity contribution is 0.537. The van der Waals surface area contributed by atoms with Gasteiger partial charge in [-0.3, -0.25) is 0 Å². The lowest BCUT2D eigenvalue weighted by Crippen LogP contribution is -2.28. The van der Waals surface area contributed by atoms with Crippen LogP contribution in [-0.4, -0.2) is 6.54 Å². The average molecular weight is 217 g/mol. The van der Waals surface area contributed by atoms with Crippen molar-refractivity contribution in [3.8, 4) is 0 Å². The molecule has 1 aliphatic rings. The summed E-state index contributed by atoms with van der Waals surface area (Å²) in [5.74, 6) is 0.800. The zero-order valence-corrected chi connectivity index (χ0v) is 10.5. The summed E-state index contributed by atoms with van der Waals surface area (Å²) in [4.78, 5) is 0. The second kappa shape index (κ2) is 4.58. The molecule has 0 aromatic heterocycles. The first-order chi connectivity index (χ1) is 7.63. The molecule has 0 aliphatic heterocycles. The van der Waals surface area contributed by atoms with Gasteiger partial charge in [0.1, 0.15) is 0 Å². The van der Waals surface area contributed by atoms with E-state index in [0.29, 0.717) is 6.54 Å². The Bertz CT molecular complexity index is 348. The van der Waals surface area contributed by atoms with Gasteiger partial charge in [-0.2, -0.15) is 0 Å². The van der Waals surface area contributed by atoms with Crippen LogP contribution in [0.4, 0.5) is 0 Å². The van der Waals surface area contributed by atoms with Gasteiger partial charge in [0.05, 0.1) is 0 Å². The van der Waals surface area contributed by atoms with Crippen LogP contribution >= 0.6 is 0 Å². The summed E-state index contributed by atoms with van der Waals surface area (Å²) in [6.45, 7) is 5.16.